The fourth-order valence-corrected chi connectivity index (χ4v) is 3.89. The van der Waals surface area contributed by atoms with E-state index in [0.717, 1.165) is 0 Å². The Morgan fingerprint density at radius 2 is 1.78 bits per heavy atom. The number of nitrogens with one attached hydrogen (secondary N) is 2. The van der Waals surface area contributed by atoms with E-state index in [2.05, 4.69) is 26.6 Å². The summed E-state index contributed by atoms with van der Waals surface area (Å²) < 4.78 is 11.9. The molecule has 36 heavy (non-hydrogen) atoms. The SMILES string of the molecule is CCOc1cc(/C=C(\C#N)C(=O)Nc2ccccc2Cl)cc(Br)c1OCC(=O)Nc1ccc(Cl)cc1. The third-order valence-corrected chi connectivity index (χ3v) is 5.78. The average Bonchev–Trinajstić information content (AvgIpc) is 2.85. The van der Waals surface area contributed by atoms with E-state index in [1.54, 1.807) is 67.6 Å². The van der Waals surface area contributed by atoms with Crippen molar-refractivity contribution >= 4 is 68.4 Å². The quantitative estimate of drug-likeness (QED) is 0.213. The largest absolute Gasteiger partial charge is 0.490 e. The zero-order chi connectivity index (χ0) is 26.1. The van der Waals surface area contributed by atoms with Crippen LogP contribution in [-0.2, 0) is 9.59 Å². The number of nitrogens with zero attached hydrogens (tertiary/aromatic N) is 1. The smallest absolute Gasteiger partial charge is 0.266 e. The number of hydrogen-bond acceptors (Lipinski definition) is 5. The van der Waals surface area contributed by atoms with Crippen LogP contribution in [0.1, 0.15) is 12.5 Å². The van der Waals surface area contributed by atoms with E-state index in [4.69, 9.17) is 32.7 Å². The molecule has 0 aliphatic carbocycles. The van der Waals surface area contributed by atoms with Crippen LogP contribution in [0.2, 0.25) is 10.0 Å². The molecule has 3 aromatic carbocycles. The van der Waals surface area contributed by atoms with Crippen molar-refractivity contribution in [3.05, 3.63) is 86.3 Å². The maximum atomic E-state index is 12.6. The lowest BCUT2D eigenvalue weighted by Crippen LogP contribution is -2.20. The van der Waals surface area contributed by atoms with Gasteiger partial charge in [-0.2, -0.15) is 5.26 Å². The Balaban J connectivity index is 1.77. The molecular formula is C26H20BrCl2N3O4. The molecule has 0 unspecified atom stereocenters. The summed E-state index contributed by atoms with van der Waals surface area (Å²) in [5.74, 6) is -0.349. The summed E-state index contributed by atoms with van der Waals surface area (Å²) in [6, 6.07) is 18.6. The van der Waals surface area contributed by atoms with E-state index in [1.807, 2.05) is 6.07 Å². The van der Waals surface area contributed by atoms with E-state index in [0.29, 0.717) is 49.6 Å². The first-order valence-electron chi connectivity index (χ1n) is 10.6. The highest BCUT2D eigenvalue weighted by Crippen LogP contribution is 2.37. The minimum Gasteiger partial charge on any atom is -0.490 e. The highest BCUT2D eigenvalue weighted by Gasteiger charge is 2.16. The van der Waals surface area contributed by atoms with Crippen LogP contribution in [0.25, 0.3) is 6.08 Å². The molecule has 3 aromatic rings. The van der Waals surface area contributed by atoms with Crippen LogP contribution >= 0.6 is 39.1 Å². The third kappa shape index (κ3) is 7.49. The molecule has 3 rings (SSSR count). The predicted octanol–water partition coefficient (Wildman–Crippen LogP) is 6.72. The van der Waals surface area contributed by atoms with Gasteiger partial charge in [0.05, 0.1) is 21.8 Å². The van der Waals surface area contributed by atoms with Crippen molar-refractivity contribution in [2.45, 2.75) is 6.92 Å². The highest BCUT2D eigenvalue weighted by atomic mass is 79.9. The van der Waals surface area contributed by atoms with Crippen molar-refractivity contribution in [1.29, 1.82) is 5.26 Å². The minimum absolute atomic E-state index is 0.139. The molecule has 2 amide bonds. The van der Waals surface area contributed by atoms with Gasteiger partial charge in [0.2, 0.25) is 0 Å². The van der Waals surface area contributed by atoms with Gasteiger partial charge < -0.3 is 20.1 Å². The van der Waals surface area contributed by atoms with Crippen molar-refractivity contribution < 1.29 is 19.1 Å². The number of ether oxygens (including phenoxy) is 2. The second-order valence-electron chi connectivity index (χ2n) is 7.21. The normalized spacial score (nSPS) is 10.8. The Kier molecular flexibility index (Phi) is 9.77. The standard InChI is InChI=1S/C26H20BrCl2N3O4/c1-2-35-23-13-16(11-17(14-30)26(34)32-22-6-4-3-5-21(22)29)12-20(27)25(23)36-15-24(33)31-19-9-7-18(28)8-10-19/h3-13H,2,15H2,1H3,(H,31,33)(H,32,34)/b17-11+. The Morgan fingerprint density at radius 1 is 1.06 bits per heavy atom. The zero-order valence-corrected chi connectivity index (χ0v) is 22.1. The van der Waals surface area contributed by atoms with Gasteiger partial charge in [0.15, 0.2) is 18.1 Å². The van der Waals surface area contributed by atoms with E-state index in [-0.39, 0.29) is 18.1 Å². The number of hydrogen-bond donors (Lipinski definition) is 2. The molecule has 0 heterocycles. The number of rotatable bonds is 9. The highest BCUT2D eigenvalue weighted by molar-refractivity contribution is 9.10. The number of benzene rings is 3. The first kappa shape index (κ1) is 27.1. The molecule has 0 atom stereocenters. The first-order valence-corrected chi connectivity index (χ1v) is 12.2. The third-order valence-electron chi connectivity index (χ3n) is 4.61. The maximum Gasteiger partial charge on any atom is 0.266 e. The van der Waals surface area contributed by atoms with E-state index < -0.39 is 5.91 Å². The van der Waals surface area contributed by atoms with E-state index >= 15 is 0 Å². The van der Waals surface area contributed by atoms with Crippen LogP contribution in [0.4, 0.5) is 11.4 Å². The van der Waals surface area contributed by atoms with Crippen molar-refractivity contribution in [2.75, 3.05) is 23.8 Å². The molecule has 0 spiro atoms. The average molecular weight is 589 g/mol. The molecule has 184 valence electrons. The van der Waals surface area contributed by atoms with Crippen LogP contribution in [0.3, 0.4) is 0 Å². The number of carbonyl (C=O) groups excluding carboxylic acids is 2. The van der Waals surface area contributed by atoms with Gasteiger partial charge in [0, 0.05) is 10.7 Å². The number of carbonyl (C=O) groups is 2. The van der Waals surface area contributed by atoms with Crippen molar-refractivity contribution in [3.8, 4) is 17.6 Å². The summed E-state index contributed by atoms with van der Waals surface area (Å²) in [7, 11) is 0. The molecule has 0 aromatic heterocycles. The zero-order valence-electron chi connectivity index (χ0n) is 19.0. The van der Waals surface area contributed by atoms with E-state index in [9.17, 15) is 14.9 Å². The lowest BCUT2D eigenvalue weighted by Gasteiger charge is -2.15. The topological polar surface area (TPSA) is 100 Å². The van der Waals surface area contributed by atoms with Crippen molar-refractivity contribution in [2.24, 2.45) is 0 Å². The number of amides is 2. The maximum absolute atomic E-state index is 12.6. The van der Waals surface area contributed by atoms with Gasteiger partial charge in [0.1, 0.15) is 11.6 Å². The Bertz CT molecular complexity index is 1340. The molecule has 7 nitrogen and oxygen atoms in total. The number of anilines is 2. The van der Waals surface area contributed by atoms with Gasteiger partial charge in [-0.25, -0.2) is 0 Å². The summed E-state index contributed by atoms with van der Waals surface area (Å²) >= 11 is 15.4. The van der Waals surface area contributed by atoms with Gasteiger partial charge in [-0.3, -0.25) is 9.59 Å². The second kappa shape index (κ2) is 13.0. The Morgan fingerprint density at radius 3 is 2.44 bits per heavy atom. The van der Waals surface area contributed by atoms with Gasteiger partial charge in [-0.1, -0.05) is 35.3 Å². The molecule has 0 radical (unpaired) electrons. The van der Waals surface area contributed by atoms with Crippen LogP contribution in [0.5, 0.6) is 11.5 Å². The fourth-order valence-electron chi connectivity index (χ4n) is 3.01. The summed E-state index contributed by atoms with van der Waals surface area (Å²) in [4.78, 5) is 25.0. The lowest BCUT2D eigenvalue weighted by molar-refractivity contribution is -0.118. The molecule has 0 bridgehead atoms. The lowest BCUT2D eigenvalue weighted by atomic mass is 10.1. The van der Waals surface area contributed by atoms with E-state index in [1.165, 1.54) is 6.08 Å². The Hall–Kier alpha value is -3.51. The van der Waals surface area contributed by atoms with Gasteiger partial charge in [0.25, 0.3) is 11.8 Å². The van der Waals surface area contributed by atoms with Gasteiger partial charge in [-0.15, -0.1) is 0 Å². The Labute approximate surface area is 226 Å². The van der Waals surface area contributed by atoms with Crippen LogP contribution in [0.15, 0.2) is 70.7 Å². The summed E-state index contributed by atoms with van der Waals surface area (Å²) in [5.41, 5.74) is 1.34. The number of nitriles is 1. The number of para-hydroxylation sites is 1. The van der Waals surface area contributed by atoms with Crippen LogP contribution < -0.4 is 20.1 Å². The van der Waals surface area contributed by atoms with Gasteiger partial charge >= 0.3 is 0 Å². The monoisotopic (exact) mass is 587 g/mol. The van der Waals surface area contributed by atoms with Gasteiger partial charge in [-0.05, 0) is 83.0 Å². The van der Waals surface area contributed by atoms with Crippen LogP contribution in [-0.4, -0.2) is 25.0 Å². The summed E-state index contributed by atoms with van der Waals surface area (Å²) in [5, 5.41) is 15.8. The second-order valence-corrected chi connectivity index (χ2v) is 8.91. The molecule has 0 fully saturated rings. The summed E-state index contributed by atoms with van der Waals surface area (Å²) in [6.07, 6.45) is 1.41. The van der Waals surface area contributed by atoms with Crippen molar-refractivity contribution in [1.82, 2.24) is 0 Å². The first-order chi connectivity index (χ1) is 17.3. The predicted molar refractivity (Wildman–Crippen MR) is 145 cm³/mol. The summed E-state index contributed by atoms with van der Waals surface area (Å²) in [6.45, 7) is 1.84. The number of halogens is 3. The molecule has 0 saturated carbocycles. The molecule has 0 saturated heterocycles. The molecular weight excluding hydrogens is 569 g/mol. The molecule has 2 N–H and O–H groups in total. The molecule has 10 heteroatoms. The molecule has 0 aliphatic rings. The molecule has 0 aliphatic heterocycles. The van der Waals surface area contributed by atoms with Crippen molar-refractivity contribution in [3.63, 3.8) is 0 Å². The van der Waals surface area contributed by atoms with Crippen LogP contribution in [0, 0.1) is 11.3 Å². The fraction of sp³-hybridized carbons (Fsp3) is 0.115. The minimum atomic E-state index is -0.612.